The maximum absolute atomic E-state index is 12.4. The van der Waals surface area contributed by atoms with Crippen LogP contribution in [0.1, 0.15) is 36.5 Å². The molecule has 0 spiro atoms. The first-order valence-corrected chi connectivity index (χ1v) is 9.34. The highest BCUT2D eigenvalue weighted by atomic mass is 16.5. The van der Waals surface area contributed by atoms with Gasteiger partial charge in [0.05, 0.1) is 6.42 Å². The van der Waals surface area contributed by atoms with E-state index in [0.717, 1.165) is 35.3 Å². The molecule has 2 aromatic carbocycles. The Hall–Kier alpha value is -2.82. The van der Waals surface area contributed by atoms with Crippen molar-refractivity contribution < 1.29 is 14.3 Å². The van der Waals surface area contributed by atoms with Crippen molar-refractivity contribution in [2.45, 2.75) is 52.2 Å². The molecular formula is C22H26N2O3. The first-order valence-electron chi connectivity index (χ1n) is 9.34. The molecule has 3 rings (SSSR count). The van der Waals surface area contributed by atoms with Crippen molar-refractivity contribution in [1.82, 2.24) is 5.32 Å². The number of carbonyl (C=O) groups is 2. The molecule has 5 heteroatoms. The van der Waals surface area contributed by atoms with E-state index in [0.29, 0.717) is 18.2 Å². The van der Waals surface area contributed by atoms with Gasteiger partial charge in [-0.2, -0.15) is 0 Å². The standard InChI is InChI=1S/C22H26N2O3/c1-14-4-5-15(2)20(12-14)27-16(3)22(26)24-19-8-6-17(7-9-19)13-21(25)23-18-10-11-18/h4-9,12,16,18H,10-11,13H2,1-3H3,(H,23,25)(H,24,26). The molecule has 1 aliphatic rings. The molecule has 27 heavy (non-hydrogen) atoms. The van der Waals surface area contributed by atoms with Crippen LogP contribution in [0.2, 0.25) is 0 Å². The highest BCUT2D eigenvalue weighted by Crippen LogP contribution is 2.21. The molecule has 2 aromatic rings. The summed E-state index contributed by atoms with van der Waals surface area (Å²) in [5, 5.41) is 5.82. The van der Waals surface area contributed by atoms with Gasteiger partial charge < -0.3 is 15.4 Å². The molecule has 2 amide bonds. The molecule has 0 radical (unpaired) electrons. The molecule has 0 saturated heterocycles. The molecule has 142 valence electrons. The molecule has 5 nitrogen and oxygen atoms in total. The highest BCUT2D eigenvalue weighted by Gasteiger charge is 2.23. The first kappa shape index (κ1) is 19.0. The van der Waals surface area contributed by atoms with E-state index in [9.17, 15) is 9.59 Å². The monoisotopic (exact) mass is 366 g/mol. The maximum atomic E-state index is 12.4. The Morgan fingerprint density at radius 2 is 1.81 bits per heavy atom. The third-order valence-electron chi connectivity index (χ3n) is 4.55. The van der Waals surface area contributed by atoms with Gasteiger partial charge in [-0.25, -0.2) is 0 Å². The Kier molecular flexibility index (Phi) is 5.79. The highest BCUT2D eigenvalue weighted by molar-refractivity contribution is 5.94. The number of benzene rings is 2. The minimum absolute atomic E-state index is 0.0461. The molecule has 1 atom stereocenters. The fourth-order valence-electron chi connectivity index (χ4n) is 2.72. The second-order valence-electron chi connectivity index (χ2n) is 7.23. The molecule has 0 aromatic heterocycles. The molecule has 1 unspecified atom stereocenters. The van der Waals surface area contributed by atoms with Crippen LogP contribution >= 0.6 is 0 Å². The summed E-state index contributed by atoms with van der Waals surface area (Å²) >= 11 is 0. The summed E-state index contributed by atoms with van der Waals surface area (Å²) < 4.78 is 5.81. The van der Waals surface area contributed by atoms with Crippen LogP contribution in [0.5, 0.6) is 5.75 Å². The topological polar surface area (TPSA) is 67.4 Å². The van der Waals surface area contributed by atoms with E-state index >= 15 is 0 Å². The van der Waals surface area contributed by atoms with Gasteiger partial charge in [0.25, 0.3) is 5.91 Å². The Bertz CT molecular complexity index is 826. The average Bonchev–Trinajstić information content (AvgIpc) is 3.43. The van der Waals surface area contributed by atoms with Crippen molar-refractivity contribution in [3.8, 4) is 5.75 Å². The smallest absolute Gasteiger partial charge is 0.265 e. The van der Waals surface area contributed by atoms with Crippen LogP contribution in [0.15, 0.2) is 42.5 Å². The fourth-order valence-corrected chi connectivity index (χ4v) is 2.72. The molecule has 2 N–H and O–H groups in total. The molecular weight excluding hydrogens is 340 g/mol. The molecule has 0 bridgehead atoms. The summed E-state index contributed by atoms with van der Waals surface area (Å²) in [7, 11) is 0. The lowest BCUT2D eigenvalue weighted by Gasteiger charge is -2.17. The Balaban J connectivity index is 1.53. The van der Waals surface area contributed by atoms with Crippen LogP contribution in [0, 0.1) is 13.8 Å². The largest absolute Gasteiger partial charge is 0.481 e. The summed E-state index contributed by atoms with van der Waals surface area (Å²) in [6.45, 7) is 5.68. The van der Waals surface area contributed by atoms with Gasteiger partial charge in [0.15, 0.2) is 6.10 Å². The second kappa shape index (κ2) is 8.25. The van der Waals surface area contributed by atoms with E-state index in [1.165, 1.54) is 0 Å². The van der Waals surface area contributed by atoms with E-state index in [2.05, 4.69) is 10.6 Å². The third kappa shape index (κ3) is 5.58. The Morgan fingerprint density at radius 3 is 2.48 bits per heavy atom. The van der Waals surface area contributed by atoms with Crippen molar-refractivity contribution in [1.29, 1.82) is 0 Å². The van der Waals surface area contributed by atoms with Crippen molar-refractivity contribution in [3.63, 3.8) is 0 Å². The summed E-state index contributed by atoms with van der Waals surface area (Å²) in [6, 6.07) is 13.6. The van der Waals surface area contributed by atoms with Gasteiger partial charge in [0.2, 0.25) is 5.91 Å². The van der Waals surface area contributed by atoms with Gasteiger partial charge in [0, 0.05) is 11.7 Å². The lowest BCUT2D eigenvalue weighted by molar-refractivity contribution is -0.122. The van der Waals surface area contributed by atoms with Gasteiger partial charge in [0.1, 0.15) is 5.75 Å². The minimum Gasteiger partial charge on any atom is -0.481 e. The lowest BCUT2D eigenvalue weighted by Crippen LogP contribution is -2.30. The third-order valence-corrected chi connectivity index (χ3v) is 4.55. The number of aryl methyl sites for hydroxylation is 2. The number of ether oxygens (including phenoxy) is 1. The summed E-state index contributed by atoms with van der Waals surface area (Å²) in [5.41, 5.74) is 3.69. The zero-order chi connectivity index (χ0) is 19.4. The lowest BCUT2D eigenvalue weighted by atomic mass is 10.1. The second-order valence-corrected chi connectivity index (χ2v) is 7.23. The first-order chi connectivity index (χ1) is 12.9. The normalized spacial score (nSPS) is 14.3. The van der Waals surface area contributed by atoms with E-state index < -0.39 is 6.10 Å². The zero-order valence-corrected chi connectivity index (χ0v) is 16.0. The van der Waals surface area contributed by atoms with E-state index in [1.54, 1.807) is 6.92 Å². The van der Waals surface area contributed by atoms with Gasteiger partial charge in [-0.05, 0) is 68.5 Å². The maximum Gasteiger partial charge on any atom is 0.265 e. The van der Waals surface area contributed by atoms with Gasteiger partial charge in [-0.15, -0.1) is 0 Å². The average molecular weight is 366 g/mol. The Labute approximate surface area is 160 Å². The van der Waals surface area contributed by atoms with Crippen molar-refractivity contribution >= 4 is 17.5 Å². The number of hydrogen-bond acceptors (Lipinski definition) is 3. The van der Waals surface area contributed by atoms with Crippen molar-refractivity contribution in [3.05, 3.63) is 59.2 Å². The minimum atomic E-state index is -0.616. The number of hydrogen-bond donors (Lipinski definition) is 2. The van der Waals surface area contributed by atoms with Crippen molar-refractivity contribution in [2.24, 2.45) is 0 Å². The van der Waals surface area contributed by atoms with Crippen molar-refractivity contribution in [2.75, 3.05) is 5.32 Å². The van der Waals surface area contributed by atoms with Crippen LogP contribution in [0.25, 0.3) is 0 Å². The number of nitrogens with one attached hydrogen (secondary N) is 2. The zero-order valence-electron chi connectivity index (χ0n) is 16.0. The van der Waals surface area contributed by atoms with Crippen LogP contribution < -0.4 is 15.4 Å². The fraction of sp³-hybridized carbons (Fsp3) is 0.364. The van der Waals surface area contributed by atoms with Crippen LogP contribution in [0.4, 0.5) is 5.69 Å². The number of rotatable bonds is 7. The van der Waals surface area contributed by atoms with E-state index in [-0.39, 0.29) is 11.8 Å². The molecule has 0 aliphatic heterocycles. The Morgan fingerprint density at radius 1 is 1.11 bits per heavy atom. The SMILES string of the molecule is Cc1ccc(C)c(OC(C)C(=O)Nc2ccc(CC(=O)NC3CC3)cc2)c1. The number of anilines is 1. The molecule has 1 aliphatic carbocycles. The van der Waals surface area contributed by atoms with E-state index in [1.807, 2.05) is 56.3 Å². The predicted molar refractivity (Wildman–Crippen MR) is 106 cm³/mol. The summed E-state index contributed by atoms with van der Waals surface area (Å²) in [4.78, 5) is 24.2. The predicted octanol–water partition coefficient (Wildman–Crippen LogP) is 3.53. The van der Waals surface area contributed by atoms with Crippen LogP contribution in [-0.2, 0) is 16.0 Å². The summed E-state index contributed by atoms with van der Waals surface area (Å²) in [5.74, 6) is 0.551. The quantitative estimate of drug-likeness (QED) is 0.788. The molecule has 1 fully saturated rings. The number of amides is 2. The summed E-state index contributed by atoms with van der Waals surface area (Å²) in [6.07, 6.45) is 1.91. The van der Waals surface area contributed by atoms with Gasteiger partial charge in [-0.1, -0.05) is 24.3 Å². The van der Waals surface area contributed by atoms with E-state index in [4.69, 9.17) is 4.74 Å². The van der Waals surface area contributed by atoms with Crippen LogP contribution in [0.3, 0.4) is 0 Å². The molecule has 1 saturated carbocycles. The van der Waals surface area contributed by atoms with Gasteiger partial charge >= 0.3 is 0 Å². The molecule has 0 heterocycles. The van der Waals surface area contributed by atoms with Crippen LogP contribution in [-0.4, -0.2) is 24.0 Å². The van der Waals surface area contributed by atoms with Gasteiger partial charge in [-0.3, -0.25) is 9.59 Å². The number of carbonyl (C=O) groups excluding carboxylic acids is 2.